The standard InChI is InChI=1S/C39H36OP3/c1-41(2,40)39(42(33-21-9-3-10-22-33,34-23-11-4-12-24-34)35-25-13-5-14-26-35)43(36-27-15-6-16-28-36,37-29-17-7-18-30-37)38-31-19-8-20-32-38/h3-32H,1-2H3/q+1. The third kappa shape index (κ3) is 5.22. The molecule has 4 heteroatoms. The highest BCUT2D eigenvalue weighted by Gasteiger charge is 2.58. The van der Waals surface area contributed by atoms with Crippen molar-refractivity contribution in [3.8, 4) is 0 Å². The minimum Gasteiger partial charge on any atom is -0.316 e. The van der Waals surface area contributed by atoms with Crippen molar-refractivity contribution in [3.63, 3.8) is 0 Å². The highest BCUT2D eigenvalue weighted by Crippen LogP contribution is 2.74. The molecule has 6 aromatic rings. The maximum absolute atomic E-state index is 15.7. The maximum atomic E-state index is 15.7. The summed E-state index contributed by atoms with van der Waals surface area (Å²) in [5.41, 5.74) is 0. The van der Waals surface area contributed by atoms with Gasteiger partial charge in [0, 0.05) is 6.89 Å². The zero-order chi connectivity index (χ0) is 29.8. The summed E-state index contributed by atoms with van der Waals surface area (Å²) in [6.45, 7) is 1.32. The van der Waals surface area contributed by atoms with E-state index in [1.54, 1.807) is 0 Å². The molecule has 0 saturated heterocycles. The van der Waals surface area contributed by atoms with Crippen molar-refractivity contribution in [3.05, 3.63) is 182 Å². The second-order valence-corrected chi connectivity index (χ2v) is 21.9. The van der Waals surface area contributed by atoms with Gasteiger partial charge in [-0.2, -0.15) is 0 Å². The molecular weight excluding hydrogens is 577 g/mol. The zero-order valence-corrected chi connectivity index (χ0v) is 27.3. The lowest BCUT2D eigenvalue weighted by Crippen LogP contribution is -2.41. The molecule has 0 aliphatic rings. The average Bonchev–Trinajstić information content (AvgIpc) is 3.07. The Kier molecular flexibility index (Phi) is 8.52. The monoisotopic (exact) mass is 613 g/mol. The first-order valence-corrected chi connectivity index (χ1v) is 20.7. The van der Waals surface area contributed by atoms with E-state index in [0.717, 1.165) is 0 Å². The lowest BCUT2D eigenvalue weighted by atomic mass is 10.4. The highest BCUT2D eigenvalue weighted by atomic mass is 31.3. The van der Waals surface area contributed by atoms with Crippen molar-refractivity contribution in [2.24, 2.45) is 0 Å². The molecule has 43 heavy (non-hydrogen) atoms. The summed E-state index contributed by atoms with van der Waals surface area (Å²) in [7, 11) is -5.70. The van der Waals surface area contributed by atoms with Crippen LogP contribution in [-0.4, -0.2) is 18.1 Å². The summed E-state index contributed by atoms with van der Waals surface area (Å²) in [5.74, 6) is 0. The van der Waals surface area contributed by atoms with Gasteiger partial charge in [-0.1, -0.05) is 146 Å². The molecule has 0 aliphatic heterocycles. The quantitative estimate of drug-likeness (QED) is 0.161. The molecule has 0 bridgehead atoms. The molecule has 0 atom stereocenters. The number of rotatable bonds is 8. The van der Waals surface area contributed by atoms with Gasteiger partial charge in [0.1, 0.15) is 30.3 Å². The maximum Gasteiger partial charge on any atom is 0.152 e. The first-order valence-electron chi connectivity index (χ1n) is 14.6. The predicted octanol–water partition coefficient (Wildman–Crippen LogP) is 7.68. The normalized spacial score (nSPS) is 12.0. The van der Waals surface area contributed by atoms with Gasteiger partial charge in [0.25, 0.3) is 0 Å². The molecule has 0 saturated carbocycles. The highest BCUT2D eigenvalue weighted by molar-refractivity contribution is 8.33. The van der Waals surface area contributed by atoms with Crippen LogP contribution in [0, 0.1) is 0 Å². The Morgan fingerprint density at radius 3 is 0.860 bits per heavy atom. The summed E-state index contributed by atoms with van der Waals surface area (Å²) < 4.78 is 16.8. The van der Waals surface area contributed by atoms with E-state index >= 15 is 4.57 Å². The molecule has 0 unspecified atom stereocenters. The van der Waals surface area contributed by atoms with Gasteiger partial charge >= 0.3 is 0 Å². The van der Waals surface area contributed by atoms with Crippen molar-refractivity contribution >= 4 is 57.9 Å². The van der Waals surface area contributed by atoms with E-state index < -0.39 is 21.3 Å². The van der Waals surface area contributed by atoms with Gasteiger partial charge < -0.3 is 4.57 Å². The van der Waals surface area contributed by atoms with E-state index in [-0.39, 0.29) is 0 Å². The molecule has 0 amide bonds. The van der Waals surface area contributed by atoms with Crippen molar-refractivity contribution in [1.82, 2.24) is 0 Å². The minimum absolute atomic E-state index is 1.18. The number of hydrogen-bond acceptors (Lipinski definition) is 1. The van der Waals surface area contributed by atoms with E-state index in [2.05, 4.69) is 182 Å². The van der Waals surface area contributed by atoms with Gasteiger partial charge in [-0.3, -0.25) is 0 Å². The Bertz CT molecular complexity index is 1680. The van der Waals surface area contributed by atoms with Gasteiger partial charge in [-0.25, -0.2) is 0 Å². The lowest BCUT2D eigenvalue weighted by Gasteiger charge is -2.39. The molecular formula is C39H36OP3+. The fourth-order valence-electron chi connectivity index (χ4n) is 6.44. The second kappa shape index (κ2) is 12.5. The van der Waals surface area contributed by atoms with E-state index in [1.807, 2.05) is 13.3 Å². The topological polar surface area (TPSA) is 17.1 Å². The van der Waals surface area contributed by atoms with Crippen LogP contribution >= 0.6 is 21.3 Å². The molecule has 6 aromatic carbocycles. The van der Waals surface area contributed by atoms with E-state index in [1.165, 1.54) is 36.6 Å². The molecule has 212 valence electrons. The van der Waals surface area contributed by atoms with Crippen LogP contribution in [0.2, 0.25) is 0 Å². The van der Waals surface area contributed by atoms with Crippen molar-refractivity contribution in [1.29, 1.82) is 0 Å². The van der Waals surface area contributed by atoms with Gasteiger partial charge in [-0.15, -0.1) is 0 Å². The molecule has 1 nitrogen and oxygen atoms in total. The van der Waals surface area contributed by atoms with Gasteiger partial charge in [0.2, 0.25) is 0 Å². The Morgan fingerprint density at radius 1 is 0.395 bits per heavy atom. The summed E-state index contributed by atoms with van der Waals surface area (Å²) in [4.78, 5) is 0. The smallest absolute Gasteiger partial charge is 0.152 e. The van der Waals surface area contributed by atoms with Crippen LogP contribution in [0.15, 0.2) is 182 Å². The van der Waals surface area contributed by atoms with Gasteiger partial charge in [-0.05, 0) is 65.6 Å². The third-order valence-electron chi connectivity index (χ3n) is 7.94. The zero-order valence-electron chi connectivity index (χ0n) is 24.6. The van der Waals surface area contributed by atoms with Crippen molar-refractivity contribution < 1.29 is 4.57 Å². The Hall–Kier alpha value is -3.72. The van der Waals surface area contributed by atoms with Gasteiger partial charge in [0.05, 0.1) is 0 Å². The number of hydrogen-bond donors (Lipinski definition) is 0. The van der Waals surface area contributed by atoms with Crippen LogP contribution in [0.3, 0.4) is 0 Å². The van der Waals surface area contributed by atoms with Crippen LogP contribution in [-0.2, 0) is 4.57 Å². The molecule has 0 aliphatic carbocycles. The van der Waals surface area contributed by atoms with Crippen molar-refractivity contribution in [2.45, 2.75) is 0 Å². The second-order valence-electron chi connectivity index (χ2n) is 11.0. The van der Waals surface area contributed by atoms with E-state index in [9.17, 15) is 0 Å². The molecule has 0 aromatic heterocycles. The molecule has 6 rings (SSSR count). The Balaban J connectivity index is 2.04. The number of benzene rings is 6. The van der Waals surface area contributed by atoms with Crippen LogP contribution in [0.1, 0.15) is 0 Å². The van der Waals surface area contributed by atoms with Crippen LogP contribution in [0.5, 0.6) is 0 Å². The fraction of sp³-hybridized carbons (Fsp3) is 0.0513. The first-order chi connectivity index (χ1) is 21.0. The molecule has 0 fully saturated rings. The lowest BCUT2D eigenvalue weighted by molar-refractivity contribution is 0.590. The SMILES string of the molecule is CP(C)(=O)C(=P(c1ccccc1)(c1ccccc1)c1ccccc1)[P+](c1ccccc1)(c1ccccc1)c1ccccc1. The fourth-order valence-corrected chi connectivity index (χ4v) is 25.1. The Labute approximate surface area is 257 Å². The van der Waals surface area contributed by atoms with E-state index in [4.69, 9.17) is 0 Å². The molecule has 0 radical (unpaired) electrons. The summed E-state index contributed by atoms with van der Waals surface area (Å²) >= 11 is 0. The summed E-state index contributed by atoms with van der Waals surface area (Å²) in [5, 5.41) is 7.32. The molecule has 0 N–H and O–H groups in total. The largest absolute Gasteiger partial charge is 0.316 e. The summed E-state index contributed by atoms with van der Waals surface area (Å²) in [6, 6.07) is 65.3. The summed E-state index contributed by atoms with van der Waals surface area (Å²) in [6.07, 6.45) is 0. The molecule has 0 heterocycles. The van der Waals surface area contributed by atoms with Crippen LogP contribution in [0.25, 0.3) is 0 Å². The van der Waals surface area contributed by atoms with Crippen LogP contribution in [0.4, 0.5) is 0 Å². The van der Waals surface area contributed by atoms with Crippen molar-refractivity contribution in [2.75, 3.05) is 13.3 Å². The minimum atomic E-state index is -3.00. The average molecular weight is 614 g/mol. The first kappa shape index (κ1) is 29.4. The van der Waals surface area contributed by atoms with Crippen LogP contribution < -0.4 is 31.8 Å². The predicted molar refractivity (Wildman–Crippen MR) is 195 cm³/mol. The van der Waals surface area contributed by atoms with E-state index in [0.29, 0.717) is 0 Å². The molecule has 0 spiro atoms. The Morgan fingerprint density at radius 2 is 0.628 bits per heavy atom. The van der Waals surface area contributed by atoms with Gasteiger partial charge in [0.15, 0.2) is 4.78 Å². The third-order valence-corrected chi connectivity index (χ3v) is 23.0.